The van der Waals surface area contributed by atoms with Crippen LogP contribution in [0.1, 0.15) is 29.6 Å². The van der Waals surface area contributed by atoms with Crippen molar-refractivity contribution in [1.29, 1.82) is 0 Å². The molecule has 0 aromatic heterocycles. The lowest BCUT2D eigenvalue weighted by atomic mass is 10.1. The fraction of sp³-hybridized carbons (Fsp3) is 0.222. The molecule has 5 nitrogen and oxygen atoms in total. The lowest BCUT2D eigenvalue weighted by Crippen LogP contribution is -2.12. The van der Waals surface area contributed by atoms with Crippen LogP contribution in [0.15, 0.2) is 46.9 Å². The van der Waals surface area contributed by atoms with Gasteiger partial charge in [-0.05, 0) is 30.7 Å². The summed E-state index contributed by atoms with van der Waals surface area (Å²) in [4.78, 5) is 24.0. The molecule has 0 atom stereocenters. The number of fused-ring (bicyclic) bond motifs is 1. The van der Waals surface area contributed by atoms with Crippen molar-refractivity contribution in [2.24, 2.45) is 0 Å². The van der Waals surface area contributed by atoms with Crippen LogP contribution in [0.5, 0.6) is 11.5 Å². The first-order valence-corrected chi connectivity index (χ1v) is 8.39. The van der Waals surface area contributed by atoms with E-state index in [1.54, 1.807) is 30.3 Å². The number of carbonyl (C=O) groups excluding carboxylic acids is 2. The molecular formula is C18H16BrNO4. The summed E-state index contributed by atoms with van der Waals surface area (Å²) in [5, 5.41) is 2.80. The third kappa shape index (κ3) is 4.14. The van der Waals surface area contributed by atoms with Crippen LogP contribution in [0.3, 0.4) is 0 Å². The Bertz CT molecular complexity index is 758. The number of ether oxygens (including phenoxy) is 2. The Labute approximate surface area is 148 Å². The molecule has 0 bridgehead atoms. The number of nitrogens with one attached hydrogen (secondary N) is 1. The maximum Gasteiger partial charge on any atom is 0.231 e. The van der Waals surface area contributed by atoms with Crippen molar-refractivity contribution in [3.63, 3.8) is 0 Å². The van der Waals surface area contributed by atoms with Gasteiger partial charge in [-0.2, -0.15) is 0 Å². The maximum absolute atomic E-state index is 12.0. The number of amides is 1. The Balaban J connectivity index is 1.45. The molecule has 1 aliphatic rings. The summed E-state index contributed by atoms with van der Waals surface area (Å²) in [7, 11) is 0. The van der Waals surface area contributed by atoms with Crippen molar-refractivity contribution in [3.8, 4) is 11.5 Å². The standard InChI is InChI=1S/C18H16BrNO4/c19-13-6-4-12(5-7-13)15(21)2-1-3-18(22)20-14-8-9-16-17(10-14)24-11-23-16/h4-10H,1-3,11H2,(H,20,22). The van der Waals surface area contributed by atoms with Gasteiger partial charge in [-0.1, -0.05) is 28.1 Å². The molecule has 0 saturated carbocycles. The molecular weight excluding hydrogens is 374 g/mol. The second kappa shape index (κ2) is 7.49. The third-order valence-corrected chi connectivity index (χ3v) is 4.16. The van der Waals surface area contributed by atoms with Crippen molar-refractivity contribution in [1.82, 2.24) is 0 Å². The highest BCUT2D eigenvalue weighted by molar-refractivity contribution is 9.10. The van der Waals surface area contributed by atoms with E-state index >= 15 is 0 Å². The topological polar surface area (TPSA) is 64.6 Å². The fourth-order valence-electron chi connectivity index (χ4n) is 2.39. The van der Waals surface area contributed by atoms with E-state index in [9.17, 15) is 9.59 Å². The number of hydrogen-bond donors (Lipinski definition) is 1. The Hall–Kier alpha value is -2.34. The number of hydrogen-bond acceptors (Lipinski definition) is 4. The zero-order valence-electron chi connectivity index (χ0n) is 12.9. The van der Waals surface area contributed by atoms with Gasteiger partial charge >= 0.3 is 0 Å². The van der Waals surface area contributed by atoms with E-state index < -0.39 is 0 Å². The van der Waals surface area contributed by atoms with E-state index in [4.69, 9.17) is 9.47 Å². The Morgan fingerprint density at radius 2 is 1.75 bits per heavy atom. The number of ketones is 1. The van der Waals surface area contributed by atoms with Gasteiger partial charge in [-0.15, -0.1) is 0 Å². The van der Waals surface area contributed by atoms with Gasteiger partial charge in [0.2, 0.25) is 12.7 Å². The van der Waals surface area contributed by atoms with E-state index in [1.807, 2.05) is 12.1 Å². The van der Waals surface area contributed by atoms with Crippen LogP contribution in [0.4, 0.5) is 5.69 Å². The fourth-order valence-corrected chi connectivity index (χ4v) is 2.65. The summed E-state index contributed by atoms with van der Waals surface area (Å²) in [5.74, 6) is 1.21. The average Bonchev–Trinajstić information content (AvgIpc) is 3.03. The molecule has 1 heterocycles. The van der Waals surface area contributed by atoms with Gasteiger partial charge in [-0.3, -0.25) is 9.59 Å². The minimum Gasteiger partial charge on any atom is -0.454 e. The van der Waals surface area contributed by atoms with Crippen molar-refractivity contribution in [2.45, 2.75) is 19.3 Å². The average molecular weight is 390 g/mol. The van der Waals surface area contributed by atoms with E-state index in [0.29, 0.717) is 35.6 Å². The van der Waals surface area contributed by atoms with Crippen LogP contribution >= 0.6 is 15.9 Å². The van der Waals surface area contributed by atoms with Crippen LogP contribution in [-0.2, 0) is 4.79 Å². The van der Waals surface area contributed by atoms with E-state index in [0.717, 1.165) is 4.47 Å². The third-order valence-electron chi connectivity index (χ3n) is 3.63. The molecule has 3 rings (SSSR count). The summed E-state index contributed by atoms with van der Waals surface area (Å²) in [6.07, 6.45) is 1.14. The number of anilines is 1. The van der Waals surface area contributed by atoms with Gasteiger partial charge in [0.05, 0.1) is 0 Å². The first kappa shape index (κ1) is 16.5. The molecule has 0 fully saturated rings. The maximum atomic E-state index is 12.0. The van der Waals surface area contributed by atoms with Gasteiger partial charge < -0.3 is 14.8 Å². The van der Waals surface area contributed by atoms with Gasteiger partial charge in [0.1, 0.15) is 0 Å². The molecule has 24 heavy (non-hydrogen) atoms. The van der Waals surface area contributed by atoms with Gasteiger partial charge in [0, 0.05) is 34.6 Å². The summed E-state index contributed by atoms with van der Waals surface area (Å²) in [5.41, 5.74) is 1.32. The van der Waals surface area contributed by atoms with Crippen LogP contribution in [-0.4, -0.2) is 18.5 Å². The molecule has 0 spiro atoms. The summed E-state index contributed by atoms with van der Waals surface area (Å²) in [6, 6.07) is 12.5. The number of benzene rings is 2. The highest BCUT2D eigenvalue weighted by Crippen LogP contribution is 2.34. The number of halogens is 1. The first-order chi connectivity index (χ1) is 11.6. The molecule has 0 saturated heterocycles. The summed E-state index contributed by atoms with van der Waals surface area (Å²) >= 11 is 3.34. The predicted molar refractivity (Wildman–Crippen MR) is 93.5 cm³/mol. The molecule has 1 N–H and O–H groups in total. The summed E-state index contributed by atoms with van der Waals surface area (Å²) in [6.45, 7) is 0.199. The Morgan fingerprint density at radius 1 is 1.00 bits per heavy atom. The van der Waals surface area contributed by atoms with Crippen LogP contribution < -0.4 is 14.8 Å². The van der Waals surface area contributed by atoms with Crippen molar-refractivity contribution in [2.75, 3.05) is 12.1 Å². The van der Waals surface area contributed by atoms with Crippen LogP contribution in [0.2, 0.25) is 0 Å². The van der Waals surface area contributed by atoms with E-state index in [-0.39, 0.29) is 24.9 Å². The lowest BCUT2D eigenvalue weighted by molar-refractivity contribution is -0.116. The Morgan fingerprint density at radius 3 is 2.54 bits per heavy atom. The monoisotopic (exact) mass is 389 g/mol. The molecule has 6 heteroatoms. The SMILES string of the molecule is O=C(CCCC(=O)c1ccc(Br)cc1)Nc1ccc2c(c1)OCO2. The molecule has 124 valence electrons. The minimum atomic E-state index is -0.127. The highest BCUT2D eigenvalue weighted by atomic mass is 79.9. The quantitative estimate of drug-likeness (QED) is 0.752. The normalized spacial score (nSPS) is 12.0. The molecule has 0 unspecified atom stereocenters. The largest absolute Gasteiger partial charge is 0.454 e. The van der Waals surface area contributed by atoms with E-state index in [2.05, 4.69) is 21.2 Å². The number of Topliss-reactive ketones (excluding diaryl/α,β-unsaturated/α-hetero) is 1. The van der Waals surface area contributed by atoms with Crippen molar-refractivity contribution in [3.05, 3.63) is 52.5 Å². The zero-order valence-corrected chi connectivity index (χ0v) is 14.5. The van der Waals surface area contributed by atoms with Crippen LogP contribution in [0, 0.1) is 0 Å². The van der Waals surface area contributed by atoms with E-state index in [1.165, 1.54) is 0 Å². The van der Waals surface area contributed by atoms with Crippen molar-refractivity contribution < 1.29 is 19.1 Å². The second-order valence-electron chi connectivity index (χ2n) is 5.40. The molecule has 0 radical (unpaired) electrons. The highest BCUT2D eigenvalue weighted by Gasteiger charge is 2.14. The second-order valence-corrected chi connectivity index (χ2v) is 6.32. The molecule has 2 aromatic rings. The Kier molecular flexibility index (Phi) is 5.15. The summed E-state index contributed by atoms with van der Waals surface area (Å²) < 4.78 is 11.4. The minimum absolute atomic E-state index is 0.0402. The number of rotatable bonds is 6. The lowest BCUT2D eigenvalue weighted by Gasteiger charge is -2.06. The molecule has 1 amide bonds. The molecule has 0 aliphatic carbocycles. The van der Waals surface area contributed by atoms with Gasteiger partial charge in [0.15, 0.2) is 17.3 Å². The van der Waals surface area contributed by atoms with Gasteiger partial charge in [0.25, 0.3) is 0 Å². The smallest absolute Gasteiger partial charge is 0.231 e. The molecule has 1 aliphatic heterocycles. The first-order valence-electron chi connectivity index (χ1n) is 7.60. The van der Waals surface area contributed by atoms with Crippen molar-refractivity contribution >= 4 is 33.3 Å². The zero-order chi connectivity index (χ0) is 16.9. The number of carbonyl (C=O) groups is 2. The predicted octanol–water partition coefficient (Wildman–Crippen LogP) is 4.17. The van der Waals surface area contributed by atoms with Crippen LogP contribution in [0.25, 0.3) is 0 Å². The van der Waals surface area contributed by atoms with Gasteiger partial charge in [-0.25, -0.2) is 0 Å². The molecule has 2 aromatic carbocycles.